The van der Waals surface area contributed by atoms with Crippen LogP contribution in [0.3, 0.4) is 0 Å². The Kier molecular flexibility index (Phi) is 7.31. The molecule has 1 atom stereocenters. The highest BCUT2D eigenvalue weighted by atomic mass is 35.5. The third-order valence-corrected chi connectivity index (χ3v) is 3.45. The van der Waals surface area contributed by atoms with Crippen LogP contribution in [0.1, 0.15) is 32.8 Å². The summed E-state index contributed by atoms with van der Waals surface area (Å²) in [5.41, 5.74) is -1.19. The molecule has 1 rings (SSSR count). The Morgan fingerprint density at radius 1 is 1.38 bits per heavy atom. The van der Waals surface area contributed by atoms with Crippen LogP contribution in [0, 0.1) is 10.1 Å². The van der Waals surface area contributed by atoms with E-state index < -0.39 is 35.0 Å². The van der Waals surface area contributed by atoms with Crippen LogP contribution in [0.2, 0.25) is 5.02 Å². The summed E-state index contributed by atoms with van der Waals surface area (Å²) in [6.45, 7) is 4.65. The van der Waals surface area contributed by atoms with Gasteiger partial charge in [-0.1, -0.05) is 16.1 Å². The van der Waals surface area contributed by atoms with Gasteiger partial charge in [0.05, 0.1) is 24.5 Å². The van der Waals surface area contributed by atoms with Gasteiger partial charge in [0.15, 0.2) is 0 Å². The summed E-state index contributed by atoms with van der Waals surface area (Å²) in [4.78, 5) is 34.0. The van der Waals surface area contributed by atoms with E-state index in [9.17, 15) is 24.2 Å². The van der Waals surface area contributed by atoms with Crippen LogP contribution in [0.15, 0.2) is 18.2 Å². The number of benzene rings is 1. The largest absolute Gasteiger partial charge is 0.469 e. The molecule has 1 aromatic carbocycles. The normalized spacial score (nSPS) is 12.2. The number of amides is 1. The second-order valence-corrected chi connectivity index (χ2v) is 6.90. The monoisotopic (exact) mass is 390 g/mol. The van der Waals surface area contributed by atoms with Gasteiger partial charge in [-0.25, -0.2) is 4.79 Å². The molecule has 0 bridgehead atoms. The van der Waals surface area contributed by atoms with Crippen LogP contribution in [0.25, 0.3) is 0 Å². The fourth-order valence-electron chi connectivity index (χ4n) is 2.11. The van der Waals surface area contributed by atoms with Gasteiger partial charge < -0.3 is 9.47 Å². The van der Waals surface area contributed by atoms with Crippen LogP contribution >= 0.6 is 11.6 Å². The maximum absolute atomic E-state index is 14.6. The molecule has 0 fully saturated rings. The molecule has 8 nitrogen and oxygen atoms in total. The lowest BCUT2D eigenvalue weighted by atomic mass is 10.0. The minimum Gasteiger partial charge on any atom is -0.469 e. The van der Waals surface area contributed by atoms with Crippen LogP contribution in [0.5, 0.6) is 0 Å². The van der Waals surface area contributed by atoms with E-state index in [2.05, 4.69) is 4.74 Å². The summed E-state index contributed by atoms with van der Waals surface area (Å²) in [6, 6.07) is 2.41. The summed E-state index contributed by atoms with van der Waals surface area (Å²) in [5.74, 6) is -0.786. The number of nitrogens with zero attached hydrogens (tertiary/aromatic N) is 2. The highest BCUT2D eigenvalue weighted by Gasteiger charge is 2.32. The summed E-state index contributed by atoms with van der Waals surface area (Å²) >= 11 is 5.85. The standard InChI is InChI=1S/C16H20ClFN2O6/c1-16(2,3)26-15(22)19(18)12(9-14(21)25-4)8-10-7-11(17)5-6-13(10)20(23)24/h5-7,12H,8-9H2,1-4H3. The molecule has 0 radical (unpaired) electrons. The number of nitro groups is 1. The maximum Gasteiger partial charge on any atom is 0.438 e. The van der Waals surface area contributed by atoms with Crippen LogP contribution in [-0.2, 0) is 20.7 Å². The van der Waals surface area contributed by atoms with Crippen molar-refractivity contribution in [1.29, 1.82) is 0 Å². The second kappa shape index (κ2) is 8.79. The molecule has 0 heterocycles. The number of hydrogen-bond acceptors (Lipinski definition) is 6. The van der Waals surface area contributed by atoms with Gasteiger partial charge in [0, 0.05) is 23.1 Å². The van der Waals surface area contributed by atoms with E-state index in [1.54, 1.807) is 20.8 Å². The Labute approximate surface area is 154 Å². The average Bonchev–Trinajstić information content (AvgIpc) is 2.51. The molecule has 26 heavy (non-hydrogen) atoms. The molecule has 0 aliphatic carbocycles. The lowest BCUT2D eigenvalue weighted by molar-refractivity contribution is -0.385. The Bertz CT molecular complexity index is 692. The van der Waals surface area contributed by atoms with Crippen molar-refractivity contribution in [2.24, 2.45) is 0 Å². The summed E-state index contributed by atoms with van der Waals surface area (Å²) < 4.78 is 24.0. The van der Waals surface area contributed by atoms with E-state index in [-0.39, 0.29) is 27.8 Å². The van der Waals surface area contributed by atoms with E-state index in [4.69, 9.17) is 16.3 Å². The number of carbonyl (C=O) groups is 2. The number of methoxy groups -OCH3 is 1. The fourth-order valence-corrected chi connectivity index (χ4v) is 2.31. The number of carbonyl (C=O) groups excluding carboxylic acids is 2. The summed E-state index contributed by atoms with van der Waals surface area (Å²) in [6.07, 6.45) is -2.16. The number of nitro benzene ring substituents is 1. The van der Waals surface area contributed by atoms with Gasteiger partial charge in [0.25, 0.3) is 5.69 Å². The molecule has 0 saturated carbocycles. The first-order valence-corrected chi connectivity index (χ1v) is 8.00. The quantitative estimate of drug-likeness (QED) is 0.316. The molecule has 0 aliphatic rings. The Hall–Kier alpha value is -2.42. The lowest BCUT2D eigenvalue weighted by Crippen LogP contribution is -2.40. The van der Waals surface area contributed by atoms with Gasteiger partial charge >= 0.3 is 12.1 Å². The van der Waals surface area contributed by atoms with Gasteiger partial charge in [-0.15, -0.1) is 5.12 Å². The molecule has 10 heteroatoms. The molecule has 1 amide bonds. The Morgan fingerprint density at radius 3 is 2.50 bits per heavy atom. The third-order valence-electron chi connectivity index (χ3n) is 3.21. The first-order chi connectivity index (χ1) is 11.9. The van der Waals surface area contributed by atoms with Crippen molar-refractivity contribution in [2.75, 3.05) is 7.11 Å². The van der Waals surface area contributed by atoms with E-state index in [0.717, 1.165) is 7.11 Å². The average molecular weight is 391 g/mol. The zero-order valence-electron chi connectivity index (χ0n) is 14.8. The highest BCUT2D eigenvalue weighted by Crippen LogP contribution is 2.27. The molecule has 0 aromatic heterocycles. The number of rotatable bonds is 6. The topological polar surface area (TPSA) is 99.0 Å². The van der Waals surface area contributed by atoms with Gasteiger partial charge in [-0.05, 0) is 32.9 Å². The second-order valence-electron chi connectivity index (χ2n) is 6.46. The predicted molar refractivity (Wildman–Crippen MR) is 91.4 cm³/mol. The molecule has 1 unspecified atom stereocenters. The van der Waals surface area contributed by atoms with Crippen LogP contribution < -0.4 is 0 Å². The van der Waals surface area contributed by atoms with Crippen molar-refractivity contribution in [2.45, 2.75) is 45.3 Å². The van der Waals surface area contributed by atoms with Crippen LogP contribution in [-0.4, -0.2) is 40.9 Å². The molecule has 0 aliphatic heterocycles. The first-order valence-electron chi connectivity index (χ1n) is 7.62. The van der Waals surface area contributed by atoms with Crippen molar-refractivity contribution in [1.82, 2.24) is 5.12 Å². The summed E-state index contributed by atoms with van der Waals surface area (Å²) in [7, 11) is 1.11. The van der Waals surface area contributed by atoms with E-state index in [0.29, 0.717) is 0 Å². The van der Waals surface area contributed by atoms with E-state index >= 15 is 0 Å². The lowest BCUT2D eigenvalue weighted by Gasteiger charge is -2.26. The Balaban J connectivity index is 3.15. The summed E-state index contributed by atoms with van der Waals surface area (Å²) in [5, 5.41) is 11.1. The highest BCUT2D eigenvalue weighted by molar-refractivity contribution is 6.30. The van der Waals surface area contributed by atoms with Crippen molar-refractivity contribution < 1.29 is 28.5 Å². The van der Waals surface area contributed by atoms with Crippen molar-refractivity contribution in [3.8, 4) is 0 Å². The van der Waals surface area contributed by atoms with Crippen molar-refractivity contribution in [3.05, 3.63) is 38.9 Å². The fraction of sp³-hybridized carbons (Fsp3) is 0.500. The molecular weight excluding hydrogens is 371 g/mol. The molecule has 0 saturated heterocycles. The molecule has 1 aromatic rings. The van der Waals surface area contributed by atoms with Gasteiger partial charge in [-0.3, -0.25) is 14.9 Å². The van der Waals surface area contributed by atoms with E-state index in [1.807, 2.05) is 0 Å². The Morgan fingerprint density at radius 2 is 2.00 bits per heavy atom. The van der Waals surface area contributed by atoms with Crippen LogP contribution in [0.4, 0.5) is 15.0 Å². The minimum absolute atomic E-state index is 0.0719. The SMILES string of the molecule is COC(=O)CC(Cc1cc(Cl)ccc1[N+](=O)[O-])N(F)C(=O)OC(C)(C)C. The van der Waals surface area contributed by atoms with Gasteiger partial charge in [0.1, 0.15) is 5.60 Å². The van der Waals surface area contributed by atoms with Crippen molar-refractivity contribution >= 4 is 29.4 Å². The van der Waals surface area contributed by atoms with Gasteiger partial charge in [-0.2, -0.15) is 0 Å². The molecular formula is C16H20ClFN2O6. The first kappa shape index (κ1) is 21.6. The molecule has 0 N–H and O–H groups in total. The van der Waals surface area contributed by atoms with Crippen molar-refractivity contribution in [3.63, 3.8) is 0 Å². The third kappa shape index (κ3) is 6.47. The number of hydrogen-bond donors (Lipinski definition) is 0. The zero-order chi connectivity index (χ0) is 20.1. The maximum atomic E-state index is 14.6. The minimum atomic E-state index is -1.37. The zero-order valence-corrected chi connectivity index (χ0v) is 15.6. The number of halogens is 2. The smallest absolute Gasteiger partial charge is 0.438 e. The number of ether oxygens (including phenoxy) is 2. The van der Waals surface area contributed by atoms with Gasteiger partial charge in [0.2, 0.25) is 0 Å². The predicted octanol–water partition coefficient (Wildman–Crippen LogP) is 3.84. The molecule has 144 valence electrons. The van der Waals surface area contributed by atoms with E-state index in [1.165, 1.54) is 18.2 Å². The molecule has 0 spiro atoms. The number of esters is 1.